The van der Waals surface area contributed by atoms with Crippen molar-refractivity contribution in [1.29, 1.82) is 0 Å². The number of esters is 1. The van der Waals surface area contributed by atoms with Crippen LogP contribution < -0.4 is 20.2 Å². The van der Waals surface area contributed by atoms with E-state index in [-0.39, 0.29) is 19.1 Å². The Kier molecular flexibility index (Phi) is 8.95. The van der Waals surface area contributed by atoms with Crippen LogP contribution in [0.4, 0.5) is 0 Å². The van der Waals surface area contributed by atoms with E-state index < -0.39 is 11.9 Å². The van der Waals surface area contributed by atoms with Gasteiger partial charge in [-0.1, -0.05) is 24.3 Å². The Morgan fingerprint density at radius 3 is 2.26 bits per heavy atom. The molecular formula is C26H25N3O6. The van der Waals surface area contributed by atoms with E-state index in [1.165, 1.54) is 20.4 Å². The Morgan fingerprint density at radius 2 is 1.57 bits per heavy atom. The first kappa shape index (κ1) is 25.0. The van der Waals surface area contributed by atoms with E-state index in [0.29, 0.717) is 28.2 Å². The van der Waals surface area contributed by atoms with Crippen LogP contribution in [0.5, 0.6) is 11.5 Å². The molecule has 2 N–H and O–H groups in total. The minimum Gasteiger partial charge on any atom is -0.497 e. The van der Waals surface area contributed by atoms with Gasteiger partial charge in [0, 0.05) is 11.1 Å². The molecule has 3 aromatic rings. The molecule has 0 atom stereocenters. The van der Waals surface area contributed by atoms with Crippen molar-refractivity contribution in [3.8, 4) is 11.5 Å². The van der Waals surface area contributed by atoms with E-state index >= 15 is 0 Å². The van der Waals surface area contributed by atoms with Gasteiger partial charge in [0.25, 0.3) is 11.8 Å². The molecule has 0 spiro atoms. The topological polar surface area (TPSA) is 115 Å². The molecule has 35 heavy (non-hydrogen) atoms. The van der Waals surface area contributed by atoms with Crippen molar-refractivity contribution in [2.75, 3.05) is 20.8 Å². The van der Waals surface area contributed by atoms with Crippen LogP contribution in [0.25, 0.3) is 0 Å². The lowest BCUT2D eigenvalue weighted by atomic mass is 10.1. The molecule has 0 aromatic heterocycles. The van der Waals surface area contributed by atoms with Crippen LogP contribution in [0, 0.1) is 0 Å². The molecule has 0 saturated heterocycles. The summed E-state index contributed by atoms with van der Waals surface area (Å²) in [5.74, 6) is -0.0663. The van der Waals surface area contributed by atoms with E-state index in [1.807, 2.05) is 12.1 Å². The van der Waals surface area contributed by atoms with Crippen molar-refractivity contribution in [3.05, 3.63) is 95.1 Å². The fourth-order valence-electron chi connectivity index (χ4n) is 2.95. The van der Waals surface area contributed by atoms with Gasteiger partial charge in [-0.15, -0.1) is 0 Å². The maximum atomic E-state index is 12.1. The number of benzene rings is 3. The Labute approximate surface area is 202 Å². The first-order valence-electron chi connectivity index (χ1n) is 10.6. The third kappa shape index (κ3) is 7.43. The van der Waals surface area contributed by atoms with Crippen LogP contribution in [-0.4, -0.2) is 44.8 Å². The molecule has 0 fully saturated rings. The molecule has 0 saturated carbocycles. The lowest BCUT2D eigenvalue weighted by molar-refractivity contribution is -0.120. The monoisotopic (exact) mass is 475 g/mol. The zero-order chi connectivity index (χ0) is 25.0. The number of hydrogen-bond acceptors (Lipinski definition) is 7. The minimum atomic E-state index is -0.479. The second-order valence-corrected chi connectivity index (χ2v) is 7.22. The van der Waals surface area contributed by atoms with Crippen molar-refractivity contribution in [1.82, 2.24) is 10.7 Å². The normalized spacial score (nSPS) is 10.5. The summed E-state index contributed by atoms with van der Waals surface area (Å²) in [5.41, 5.74) is 4.76. The fourth-order valence-corrected chi connectivity index (χ4v) is 2.95. The number of amides is 2. The molecule has 3 aromatic carbocycles. The Morgan fingerprint density at radius 1 is 0.886 bits per heavy atom. The van der Waals surface area contributed by atoms with E-state index in [1.54, 1.807) is 60.7 Å². The molecule has 0 aliphatic carbocycles. The molecule has 0 heterocycles. The average molecular weight is 476 g/mol. The lowest BCUT2D eigenvalue weighted by Crippen LogP contribution is -2.34. The average Bonchev–Trinajstić information content (AvgIpc) is 2.91. The molecule has 9 nitrogen and oxygen atoms in total. The predicted molar refractivity (Wildman–Crippen MR) is 130 cm³/mol. The number of para-hydroxylation sites is 1. The smallest absolute Gasteiger partial charge is 0.337 e. The Bertz CT molecular complexity index is 1190. The molecule has 0 unspecified atom stereocenters. The van der Waals surface area contributed by atoms with Gasteiger partial charge in [-0.05, 0) is 54.1 Å². The molecule has 2 amide bonds. The van der Waals surface area contributed by atoms with E-state index in [0.717, 1.165) is 5.56 Å². The number of nitrogens with one attached hydrogen (secondary N) is 2. The summed E-state index contributed by atoms with van der Waals surface area (Å²) >= 11 is 0. The van der Waals surface area contributed by atoms with Crippen molar-refractivity contribution >= 4 is 24.0 Å². The molecule has 9 heteroatoms. The summed E-state index contributed by atoms with van der Waals surface area (Å²) in [7, 11) is 2.87. The Hall–Kier alpha value is -4.66. The highest BCUT2D eigenvalue weighted by atomic mass is 16.5. The van der Waals surface area contributed by atoms with Crippen LogP contribution in [0.3, 0.4) is 0 Å². The second kappa shape index (κ2) is 12.5. The molecule has 0 aliphatic rings. The molecular weight excluding hydrogens is 450 g/mol. The molecule has 180 valence electrons. The second-order valence-electron chi connectivity index (χ2n) is 7.22. The quantitative estimate of drug-likeness (QED) is 0.265. The summed E-state index contributed by atoms with van der Waals surface area (Å²) in [6.45, 7) is 0.0397. The SMILES string of the molecule is COC(=O)c1ccc(COc2ccccc2/C=N\NC(=O)CNC(=O)c2ccc(OC)cc2)cc1. The number of hydrazone groups is 1. The summed E-state index contributed by atoms with van der Waals surface area (Å²) in [6.07, 6.45) is 1.46. The minimum absolute atomic E-state index is 0.234. The van der Waals surface area contributed by atoms with E-state index in [9.17, 15) is 14.4 Å². The van der Waals surface area contributed by atoms with E-state index in [4.69, 9.17) is 14.2 Å². The number of carbonyl (C=O) groups is 3. The van der Waals surface area contributed by atoms with Gasteiger partial charge in [-0.25, -0.2) is 10.2 Å². The number of carbonyl (C=O) groups excluding carboxylic acids is 3. The van der Waals surface area contributed by atoms with Crippen LogP contribution in [-0.2, 0) is 16.1 Å². The highest BCUT2D eigenvalue weighted by Gasteiger charge is 2.08. The molecule has 0 radical (unpaired) electrons. The van der Waals surface area contributed by atoms with Gasteiger partial charge in [0.2, 0.25) is 0 Å². The van der Waals surface area contributed by atoms with Crippen molar-refractivity contribution < 1.29 is 28.6 Å². The fraction of sp³-hybridized carbons (Fsp3) is 0.154. The first-order valence-corrected chi connectivity index (χ1v) is 10.6. The largest absolute Gasteiger partial charge is 0.497 e. The number of hydrogen-bond donors (Lipinski definition) is 2. The number of rotatable bonds is 10. The number of methoxy groups -OCH3 is 2. The van der Waals surface area contributed by atoms with Crippen LogP contribution in [0.15, 0.2) is 77.9 Å². The molecule has 0 bridgehead atoms. The van der Waals surface area contributed by atoms with Crippen molar-refractivity contribution in [2.45, 2.75) is 6.61 Å². The van der Waals surface area contributed by atoms with Crippen LogP contribution in [0.1, 0.15) is 31.8 Å². The standard InChI is InChI=1S/C26H25N3O6/c1-33-22-13-11-19(12-14-22)25(31)27-16-24(30)29-28-15-21-5-3-4-6-23(21)35-17-18-7-9-20(10-8-18)26(32)34-2/h3-15H,16-17H2,1-2H3,(H,27,31)(H,29,30)/b28-15-. The van der Waals surface area contributed by atoms with Gasteiger partial charge in [-0.3, -0.25) is 9.59 Å². The highest BCUT2D eigenvalue weighted by Crippen LogP contribution is 2.18. The zero-order valence-corrected chi connectivity index (χ0v) is 19.3. The lowest BCUT2D eigenvalue weighted by Gasteiger charge is -2.09. The maximum Gasteiger partial charge on any atom is 0.337 e. The summed E-state index contributed by atoms with van der Waals surface area (Å²) in [5, 5.41) is 6.48. The number of nitrogens with zero attached hydrogens (tertiary/aromatic N) is 1. The predicted octanol–water partition coefficient (Wildman–Crippen LogP) is 2.94. The first-order chi connectivity index (χ1) is 17.0. The van der Waals surface area contributed by atoms with Gasteiger partial charge in [0.15, 0.2) is 0 Å². The molecule has 3 rings (SSSR count). The maximum absolute atomic E-state index is 12.1. The third-order valence-corrected chi connectivity index (χ3v) is 4.84. The van der Waals surface area contributed by atoms with Gasteiger partial charge in [-0.2, -0.15) is 5.10 Å². The van der Waals surface area contributed by atoms with Crippen LogP contribution >= 0.6 is 0 Å². The van der Waals surface area contributed by atoms with Crippen molar-refractivity contribution in [2.24, 2.45) is 5.10 Å². The third-order valence-electron chi connectivity index (χ3n) is 4.84. The summed E-state index contributed by atoms with van der Waals surface area (Å²) in [6, 6.07) is 20.6. The number of ether oxygens (including phenoxy) is 3. The zero-order valence-electron chi connectivity index (χ0n) is 19.3. The summed E-state index contributed by atoms with van der Waals surface area (Å²) < 4.78 is 15.6. The molecule has 0 aliphatic heterocycles. The highest BCUT2D eigenvalue weighted by molar-refractivity contribution is 5.96. The van der Waals surface area contributed by atoms with Gasteiger partial charge in [0.05, 0.1) is 32.5 Å². The summed E-state index contributed by atoms with van der Waals surface area (Å²) in [4.78, 5) is 35.7. The van der Waals surface area contributed by atoms with Crippen molar-refractivity contribution in [3.63, 3.8) is 0 Å². The van der Waals surface area contributed by atoms with Crippen LogP contribution in [0.2, 0.25) is 0 Å². The Balaban J connectivity index is 1.49. The van der Waals surface area contributed by atoms with Gasteiger partial charge >= 0.3 is 5.97 Å². The van der Waals surface area contributed by atoms with Gasteiger partial charge in [0.1, 0.15) is 18.1 Å². The van der Waals surface area contributed by atoms with E-state index in [2.05, 4.69) is 15.8 Å². The van der Waals surface area contributed by atoms with Gasteiger partial charge < -0.3 is 19.5 Å².